The number of nitriles is 1. The van der Waals surface area contributed by atoms with E-state index in [9.17, 15) is 4.79 Å². The highest BCUT2D eigenvalue weighted by Gasteiger charge is 1.99. The zero-order chi connectivity index (χ0) is 11.5. The van der Waals surface area contributed by atoms with Crippen LogP contribution in [0.3, 0.4) is 0 Å². The monoisotopic (exact) mass is 211 g/mol. The Balaban J connectivity index is 2.47. The Kier molecular flexibility index (Phi) is 2.52. The van der Waals surface area contributed by atoms with Gasteiger partial charge in [0.1, 0.15) is 5.69 Å². The predicted octanol–water partition coefficient (Wildman–Crippen LogP) is 1.41. The lowest BCUT2D eigenvalue weighted by Gasteiger charge is -2.05. The van der Waals surface area contributed by atoms with Crippen LogP contribution in [-0.2, 0) is 0 Å². The van der Waals surface area contributed by atoms with Gasteiger partial charge in [-0.2, -0.15) is 10.4 Å². The number of aromatic nitrogens is 2. The van der Waals surface area contributed by atoms with Gasteiger partial charge in [-0.05, 0) is 31.2 Å². The molecule has 0 bridgehead atoms. The molecule has 1 aromatic carbocycles. The van der Waals surface area contributed by atoms with Crippen LogP contribution < -0.4 is 5.43 Å². The van der Waals surface area contributed by atoms with Crippen molar-refractivity contribution in [1.82, 2.24) is 9.78 Å². The topological polar surface area (TPSA) is 58.7 Å². The van der Waals surface area contributed by atoms with Crippen molar-refractivity contribution in [2.75, 3.05) is 0 Å². The number of hydrogen-bond acceptors (Lipinski definition) is 3. The maximum absolute atomic E-state index is 11.2. The summed E-state index contributed by atoms with van der Waals surface area (Å²) >= 11 is 0. The summed E-state index contributed by atoms with van der Waals surface area (Å²) in [6.45, 7) is 1.67. The average molecular weight is 211 g/mol. The van der Waals surface area contributed by atoms with Crippen LogP contribution in [0.15, 0.2) is 41.3 Å². The number of benzene rings is 1. The van der Waals surface area contributed by atoms with Crippen LogP contribution in [0.25, 0.3) is 5.69 Å². The van der Waals surface area contributed by atoms with Crippen LogP contribution in [0.4, 0.5) is 0 Å². The fourth-order valence-electron chi connectivity index (χ4n) is 1.34. The quantitative estimate of drug-likeness (QED) is 0.716. The Morgan fingerprint density at radius 1 is 1.25 bits per heavy atom. The van der Waals surface area contributed by atoms with E-state index in [2.05, 4.69) is 5.10 Å². The minimum atomic E-state index is -0.0788. The van der Waals surface area contributed by atoms with Crippen LogP contribution >= 0.6 is 0 Å². The Morgan fingerprint density at radius 3 is 2.50 bits per heavy atom. The fraction of sp³-hybridized carbons (Fsp3) is 0.0833. The molecule has 0 spiro atoms. The molecule has 0 unspecified atom stereocenters. The summed E-state index contributed by atoms with van der Waals surface area (Å²) in [5, 5.41) is 12.8. The van der Waals surface area contributed by atoms with Gasteiger partial charge >= 0.3 is 0 Å². The molecule has 0 fully saturated rings. The maximum Gasteiger partial charge on any atom is 0.203 e. The summed E-state index contributed by atoms with van der Waals surface area (Å²) in [5.74, 6) is 0. The molecule has 0 N–H and O–H groups in total. The van der Waals surface area contributed by atoms with Gasteiger partial charge in [0.2, 0.25) is 5.43 Å². The molecule has 0 saturated carbocycles. The molecular weight excluding hydrogens is 202 g/mol. The molecule has 0 aliphatic heterocycles. The fourth-order valence-corrected chi connectivity index (χ4v) is 1.34. The first-order valence-electron chi connectivity index (χ1n) is 4.78. The van der Waals surface area contributed by atoms with Crippen molar-refractivity contribution in [3.63, 3.8) is 0 Å². The van der Waals surface area contributed by atoms with E-state index in [4.69, 9.17) is 5.26 Å². The maximum atomic E-state index is 11.2. The minimum absolute atomic E-state index is 0.0788. The summed E-state index contributed by atoms with van der Waals surface area (Å²) in [5.41, 5.74) is 1.79. The van der Waals surface area contributed by atoms with Gasteiger partial charge in [-0.25, -0.2) is 4.68 Å². The Labute approximate surface area is 92.4 Å². The largest absolute Gasteiger partial charge is 0.288 e. The standard InChI is InChI=1S/C12H9N3O/c1-9-12(16)6-7-15(14-9)11-4-2-10(8-13)3-5-11/h2-7H,1H3. The van der Waals surface area contributed by atoms with Crippen molar-refractivity contribution < 1.29 is 0 Å². The van der Waals surface area contributed by atoms with Gasteiger partial charge in [0, 0.05) is 12.3 Å². The second-order valence-corrected chi connectivity index (χ2v) is 3.37. The Bertz CT molecular complexity index is 605. The van der Waals surface area contributed by atoms with Crippen molar-refractivity contribution in [2.24, 2.45) is 0 Å². The van der Waals surface area contributed by atoms with Crippen molar-refractivity contribution in [3.8, 4) is 11.8 Å². The lowest BCUT2D eigenvalue weighted by Crippen LogP contribution is -2.12. The molecular formula is C12H9N3O. The first-order chi connectivity index (χ1) is 7.70. The normalized spacial score (nSPS) is 9.75. The van der Waals surface area contributed by atoms with E-state index >= 15 is 0 Å². The van der Waals surface area contributed by atoms with Crippen molar-refractivity contribution in [1.29, 1.82) is 5.26 Å². The molecule has 0 saturated heterocycles. The molecule has 1 heterocycles. The molecule has 0 aliphatic carbocycles. The van der Waals surface area contributed by atoms with Crippen molar-refractivity contribution >= 4 is 0 Å². The van der Waals surface area contributed by atoms with Gasteiger partial charge < -0.3 is 0 Å². The van der Waals surface area contributed by atoms with E-state index < -0.39 is 0 Å². The zero-order valence-electron chi connectivity index (χ0n) is 8.71. The number of hydrogen-bond donors (Lipinski definition) is 0. The van der Waals surface area contributed by atoms with Crippen LogP contribution in [0.1, 0.15) is 11.3 Å². The van der Waals surface area contributed by atoms with Gasteiger partial charge in [-0.1, -0.05) is 0 Å². The van der Waals surface area contributed by atoms with Crippen molar-refractivity contribution in [3.05, 3.63) is 58.0 Å². The second kappa shape index (κ2) is 3.99. The van der Waals surface area contributed by atoms with E-state index in [1.807, 2.05) is 6.07 Å². The van der Waals surface area contributed by atoms with Gasteiger partial charge in [0.25, 0.3) is 0 Å². The summed E-state index contributed by atoms with van der Waals surface area (Å²) < 4.78 is 1.61. The highest BCUT2D eigenvalue weighted by molar-refractivity contribution is 5.38. The van der Waals surface area contributed by atoms with E-state index in [1.165, 1.54) is 6.07 Å². The minimum Gasteiger partial charge on any atom is -0.288 e. The molecule has 0 amide bonds. The Hall–Kier alpha value is -2.41. The summed E-state index contributed by atoms with van der Waals surface area (Å²) in [6.07, 6.45) is 1.61. The van der Waals surface area contributed by atoms with Gasteiger partial charge in [-0.3, -0.25) is 4.79 Å². The molecule has 2 aromatic rings. The molecule has 0 radical (unpaired) electrons. The van der Waals surface area contributed by atoms with Crippen LogP contribution in [0.5, 0.6) is 0 Å². The first kappa shape index (κ1) is 10.1. The van der Waals surface area contributed by atoms with E-state index in [-0.39, 0.29) is 5.43 Å². The van der Waals surface area contributed by atoms with Crippen LogP contribution in [-0.4, -0.2) is 9.78 Å². The lowest BCUT2D eigenvalue weighted by atomic mass is 10.2. The zero-order valence-corrected chi connectivity index (χ0v) is 8.71. The van der Waals surface area contributed by atoms with Gasteiger partial charge in [-0.15, -0.1) is 0 Å². The van der Waals surface area contributed by atoms with Gasteiger partial charge in [0.15, 0.2) is 0 Å². The summed E-state index contributed by atoms with van der Waals surface area (Å²) in [7, 11) is 0. The van der Waals surface area contributed by atoms with Crippen LogP contribution in [0.2, 0.25) is 0 Å². The number of nitrogens with zero attached hydrogens (tertiary/aromatic N) is 3. The molecule has 0 atom stereocenters. The molecule has 1 aromatic heterocycles. The third-order valence-corrected chi connectivity index (χ3v) is 2.24. The van der Waals surface area contributed by atoms with Gasteiger partial charge in [0.05, 0.1) is 17.3 Å². The summed E-state index contributed by atoms with van der Waals surface area (Å²) in [6, 6.07) is 10.5. The number of aryl methyl sites for hydroxylation is 1. The SMILES string of the molecule is Cc1nn(-c2ccc(C#N)cc2)ccc1=O. The molecule has 2 rings (SSSR count). The third kappa shape index (κ3) is 1.84. The predicted molar refractivity (Wildman–Crippen MR) is 59.3 cm³/mol. The molecule has 78 valence electrons. The first-order valence-corrected chi connectivity index (χ1v) is 4.78. The Morgan fingerprint density at radius 2 is 1.94 bits per heavy atom. The molecule has 16 heavy (non-hydrogen) atoms. The highest BCUT2D eigenvalue weighted by Crippen LogP contribution is 2.06. The summed E-state index contributed by atoms with van der Waals surface area (Å²) in [4.78, 5) is 11.2. The third-order valence-electron chi connectivity index (χ3n) is 2.24. The van der Waals surface area contributed by atoms with Crippen LogP contribution in [0, 0.1) is 18.3 Å². The molecule has 4 nitrogen and oxygen atoms in total. The van der Waals surface area contributed by atoms with E-state index in [1.54, 1.807) is 42.1 Å². The van der Waals surface area contributed by atoms with Crippen molar-refractivity contribution in [2.45, 2.75) is 6.92 Å². The molecule has 4 heteroatoms. The van der Waals surface area contributed by atoms with E-state index in [0.29, 0.717) is 11.3 Å². The smallest absolute Gasteiger partial charge is 0.203 e. The molecule has 0 aliphatic rings. The average Bonchev–Trinajstić information content (AvgIpc) is 2.33. The van der Waals surface area contributed by atoms with E-state index in [0.717, 1.165) is 5.69 Å². The number of rotatable bonds is 1. The lowest BCUT2D eigenvalue weighted by molar-refractivity contribution is 0.809. The highest BCUT2D eigenvalue weighted by atomic mass is 16.1. The second-order valence-electron chi connectivity index (χ2n) is 3.37.